The zero-order valence-corrected chi connectivity index (χ0v) is 27.0. The van der Waals surface area contributed by atoms with Crippen molar-refractivity contribution >= 4 is 72.2 Å². The van der Waals surface area contributed by atoms with Crippen molar-refractivity contribution in [3.05, 3.63) is 29.3 Å². The van der Waals surface area contributed by atoms with E-state index in [9.17, 15) is 24.1 Å². The van der Waals surface area contributed by atoms with E-state index < -0.39 is 80.9 Å². The van der Waals surface area contributed by atoms with Crippen molar-refractivity contribution in [1.82, 2.24) is 39.0 Å². The Balaban J connectivity index is 1.22. The lowest BCUT2D eigenvalue weighted by molar-refractivity contribution is -0.0501. The van der Waals surface area contributed by atoms with Crippen LogP contribution in [0.4, 0.5) is 11.8 Å². The maximum absolute atomic E-state index is 13.7. The number of anilines is 2. The van der Waals surface area contributed by atoms with Crippen LogP contribution in [-0.4, -0.2) is 93.5 Å². The Bertz CT molecular complexity index is 1960. The highest BCUT2D eigenvalue weighted by Gasteiger charge is 2.52. The van der Waals surface area contributed by atoms with Crippen LogP contribution in [0.25, 0.3) is 22.3 Å². The van der Waals surface area contributed by atoms with E-state index in [0.29, 0.717) is 11.2 Å². The number of imidazole rings is 2. The number of nitrogens with two attached hydrogens (primary N) is 2. The highest BCUT2D eigenvalue weighted by Crippen LogP contribution is 2.61. The van der Waals surface area contributed by atoms with E-state index >= 15 is 0 Å². The molecule has 7 rings (SSSR count). The third-order valence-corrected chi connectivity index (χ3v) is 11.5. The summed E-state index contributed by atoms with van der Waals surface area (Å²) >= 11 is 8.35. The molecule has 6 heterocycles. The van der Waals surface area contributed by atoms with Gasteiger partial charge in [0.1, 0.15) is 30.2 Å². The molecule has 0 radical (unpaired) electrons. The minimum absolute atomic E-state index is 0.0187. The van der Waals surface area contributed by atoms with Crippen molar-refractivity contribution in [2.45, 2.75) is 43.1 Å². The van der Waals surface area contributed by atoms with Crippen LogP contribution in [0.2, 0.25) is 0 Å². The third kappa shape index (κ3) is 5.64. The predicted octanol–water partition coefficient (Wildman–Crippen LogP) is 0.445. The largest absolute Gasteiger partial charge is 0.396 e. The number of nitrogens with zero attached hydrogens (tertiary/aromatic N) is 7. The third-order valence-electron chi connectivity index (χ3n) is 8.28. The number of nitrogen functional groups attached to an aromatic ring is 2. The molecule has 10 atom stereocenters. The van der Waals surface area contributed by atoms with Crippen LogP contribution in [0.1, 0.15) is 18.7 Å². The number of rotatable bonds is 3. The van der Waals surface area contributed by atoms with Gasteiger partial charge in [0.05, 0.1) is 44.6 Å². The quantitative estimate of drug-likeness (QED) is 0.112. The van der Waals surface area contributed by atoms with E-state index in [4.69, 9.17) is 34.3 Å². The van der Waals surface area contributed by atoms with Gasteiger partial charge in [-0.1, -0.05) is 24.5 Å². The number of H-pyrrole nitrogens is 1. The van der Waals surface area contributed by atoms with E-state index in [1.54, 1.807) is 4.57 Å². The first-order valence-electron chi connectivity index (χ1n) is 13.8. The topological polar surface area (TPSA) is 280 Å². The molecule has 0 aromatic carbocycles. The summed E-state index contributed by atoms with van der Waals surface area (Å²) in [7, 11) is 0. The van der Waals surface area contributed by atoms with Crippen LogP contribution in [0, 0.1) is 11.8 Å². The van der Waals surface area contributed by atoms with Crippen LogP contribution in [0.3, 0.4) is 0 Å². The molecule has 4 aromatic rings. The first-order valence-corrected chi connectivity index (χ1v) is 19.2. The van der Waals surface area contributed by atoms with Gasteiger partial charge in [-0.15, -0.1) is 0 Å². The lowest BCUT2D eigenvalue weighted by Crippen LogP contribution is -2.33. The molecular formula is C22H28N10O10P2S2. The molecular weight excluding hydrogens is 690 g/mol. The highest BCUT2D eigenvalue weighted by atomic mass is 32.7. The van der Waals surface area contributed by atoms with Crippen molar-refractivity contribution < 1.29 is 42.2 Å². The molecule has 248 valence electrons. The number of fused-ring (bicyclic) bond motifs is 5. The fourth-order valence-electron chi connectivity index (χ4n) is 6.16. The lowest BCUT2D eigenvalue weighted by atomic mass is 9.99. The van der Waals surface area contributed by atoms with Gasteiger partial charge >= 0.3 is 13.6 Å². The van der Waals surface area contributed by atoms with Crippen molar-refractivity contribution in [2.24, 2.45) is 11.8 Å². The Hall–Kier alpha value is -2.62. The number of ether oxygens (including phenoxy) is 1. The number of hydrogen-bond acceptors (Lipinski definition) is 17. The average molecular weight is 719 g/mol. The van der Waals surface area contributed by atoms with E-state index in [2.05, 4.69) is 54.4 Å². The zero-order valence-electron chi connectivity index (χ0n) is 23.4. The number of aromatic nitrogens is 8. The van der Waals surface area contributed by atoms with Gasteiger partial charge in [0, 0.05) is 11.8 Å². The molecule has 3 fully saturated rings. The van der Waals surface area contributed by atoms with E-state index in [0.717, 1.165) is 0 Å². The summed E-state index contributed by atoms with van der Waals surface area (Å²) in [5.74, 6) is -1.73. The highest BCUT2D eigenvalue weighted by molar-refractivity contribution is 8.44. The number of hydrogen-bond donors (Lipinski definition) is 7. The van der Waals surface area contributed by atoms with Crippen LogP contribution < -0.4 is 17.0 Å². The normalized spacial score (nSPS) is 37.1. The van der Waals surface area contributed by atoms with Gasteiger partial charge in [-0.2, -0.15) is 4.98 Å². The summed E-state index contributed by atoms with van der Waals surface area (Å²) in [5, 5.41) is 21.8. The second kappa shape index (κ2) is 11.8. The maximum atomic E-state index is 13.7. The summed E-state index contributed by atoms with van der Waals surface area (Å²) in [6.45, 7) is -9.84. The number of nitrogens with one attached hydrogen (secondary N) is 1. The Morgan fingerprint density at radius 3 is 2.43 bits per heavy atom. The molecule has 0 amide bonds. The van der Waals surface area contributed by atoms with Gasteiger partial charge in [-0.3, -0.25) is 27.9 Å². The molecule has 1 aliphatic carbocycles. The predicted molar refractivity (Wildman–Crippen MR) is 165 cm³/mol. The minimum atomic E-state index is -4.26. The van der Waals surface area contributed by atoms with Gasteiger partial charge in [-0.25, -0.2) is 29.1 Å². The lowest BCUT2D eigenvalue weighted by Gasteiger charge is -2.28. The summed E-state index contributed by atoms with van der Waals surface area (Å²) < 4.78 is 59.4. The SMILES string of the molecule is Nc1nc2c(ncn2C2OC3CO[P@@](=O)(S)OC4C(CO[P@@](=O)(S)OC2C3CO)CC(n2cnc3c(N)ncnc32)C4O)c(=O)[nH]1. The number of aliphatic hydroxyl groups excluding tert-OH is 2. The van der Waals surface area contributed by atoms with Crippen LogP contribution in [-0.2, 0) is 32.0 Å². The summed E-state index contributed by atoms with van der Waals surface area (Å²) in [5.41, 5.74) is 11.7. The molecule has 7 N–H and O–H groups in total. The van der Waals surface area contributed by atoms with E-state index in [1.807, 2.05) is 0 Å². The van der Waals surface area contributed by atoms with Gasteiger partial charge in [0.2, 0.25) is 5.95 Å². The molecule has 0 spiro atoms. The first-order chi connectivity index (χ1) is 21.9. The fraction of sp³-hybridized carbons (Fsp3) is 0.545. The van der Waals surface area contributed by atoms with Crippen molar-refractivity contribution in [2.75, 3.05) is 31.3 Å². The first kappa shape index (κ1) is 32.0. The van der Waals surface area contributed by atoms with Crippen LogP contribution in [0.5, 0.6) is 0 Å². The van der Waals surface area contributed by atoms with Crippen molar-refractivity contribution in [3.8, 4) is 0 Å². The molecule has 24 heteroatoms. The maximum Gasteiger partial charge on any atom is 0.386 e. The summed E-state index contributed by atoms with van der Waals surface area (Å²) in [6, 6.07) is -0.723. The van der Waals surface area contributed by atoms with Crippen molar-refractivity contribution in [3.63, 3.8) is 0 Å². The molecule has 3 aliphatic rings. The number of aliphatic hydroxyl groups is 2. The molecule has 4 aromatic heterocycles. The standard InChI is InChI=1S/C22H28N10O10P2S2/c23-17-12-18(26-5-25-17)31(6-27-12)10-1-8-3-38-43(36,45)42-16-9(2-33)11(4-39-44(37,46)41-15(8)14(10)34)40-21(16)32-7-28-13-19(32)29-22(24)30-20(13)35/h5-11,14-16,21,33-34H,1-4H2,(H,36,45)(H,37,46)(H2,23,25,26)(H3,24,29,30,35)/t8?,9?,10?,11?,14?,15?,16?,21?,43-,44-/m1/s1. The smallest absolute Gasteiger partial charge is 0.386 e. The summed E-state index contributed by atoms with van der Waals surface area (Å²) in [4.78, 5) is 35.4. The van der Waals surface area contributed by atoms with Gasteiger partial charge < -0.3 is 35.5 Å². The Morgan fingerprint density at radius 2 is 1.67 bits per heavy atom. The van der Waals surface area contributed by atoms with E-state index in [1.165, 1.54) is 23.5 Å². The monoisotopic (exact) mass is 718 g/mol. The minimum Gasteiger partial charge on any atom is -0.396 e. The van der Waals surface area contributed by atoms with Crippen molar-refractivity contribution in [1.29, 1.82) is 0 Å². The molecule has 2 aliphatic heterocycles. The molecule has 2 saturated heterocycles. The fourth-order valence-corrected chi connectivity index (χ4v) is 9.22. The van der Waals surface area contributed by atoms with E-state index in [-0.39, 0.29) is 36.0 Å². The second-order valence-electron chi connectivity index (χ2n) is 11.0. The molecule has 20 nitrogen and oxygen atoms in total. The summed E-state index contributed by atoms with van der Waals surface area (Å²) in [6.07, 6.45) is -1.89. The Labute approximate surface area is 268 Å². The molecule has 2 bridgehead atoms. The second-order valence-corrected chi connectivity index (χ2v) is 16.7. The molecule has 46 heavy (non-hydrogen) atoms. The van der Waals surface area contributed by atoms with Crippen LogP contribution in [0.15, 0.2) is 23.8 Å². The zero-order chi connectivity index (χ0) is 32.5. The molecule has 1 saturated carbocycles. The number of thiol groups is 2. The Kier molecular flexibility index (Phi) is 8.21. The van der Waals surface area contributed by atoms with Gasteiger partial charge in [0.15, 0.2) is 28.9 Å². The average Bonchev–Trinajstić information content (AvgIpc) is 3.75. The van der Waals surface area contributed by atoms with Gasteiger partial charge in [0.25, 0.3) is 5.56 Å². The molecule has 8 unspecified atom stereocenters. The Morgan fingerprint density at radius 1 is 0.978 bits per heavy atom. The number of aromatic amines is 1. The van der Waals surface area contributed by atoms with Crippen LogP contribution >= 0.6 is 38.1 Å². The van der Waals surface area contributed by atoms with Gasteiger partial charge in [-0.05, 0) is 6.42 Å².